The summed E-state index contributed by atoms with van der Waals surface area (Å²) in [5.74, 6) is 0.642. The van der Waals surface area contributed by atoms with E-state index in [1.54, 1.807) is 18.5 Å². The van der Waals surface area contributed by atoms with Crippen LogP contribution in [0.3, 0.4) is 0 Å². The highest BCUT2D eigenvalue weighted by Crippen LogP contribution is 2.15. The first-order chi connectivity index (χ1) is 16.4. The molecule has 4 rings (SSSR count). The maximum atomic E-state index is 12.8. The molecule has 0 radical (unpaired) electrons. The number of hydrogen-bond acceptors (Lipinski definition) is 5. The number of aryl methyl sites for hydroxylation is 2. The van der Waals surface area contributed by atoms with Gasteiger partial charge >= 0.3 is 5.69 Å². The number of benzene rings is 1. The SMILES string of the molecule is CCN1CCN(C(=O)c2ccc(C=Cc3nc4c(c(=O)n(CC)c(=O)n4CC)n3C)cc2)CC1. The molecule has 0 unspecified atom stereocenters. The molecule has 34 heavy (non-hydrogen) atoms. The zero-order chi connectivity index (χ0) is 24.4. The van der Waals surface area contributed by atoms with Crippen molar-refractivity contribution in [2.24, 2.45) is 7.05 Å². The van der Waals surface area contributed by atoms with Crippen LogP contribution in [0.15, 0.2) is 33.9 Å². The van der Waals surface area contributed by atoms with Gasteiger partial charge in [0.2, 0.25) is 0 Å². The molecule has 9 heteroatoms. The first-order valence-electron chi connectivity index (χ1n) is 11.9. The van der Waals surface area contributed by atoms with Gasteiger partial charge in [0.1, 0.15) is 5.82 Å². The maximum Gasteiger partial charge on any atom is 0.332 e. The third-order valence-electron chi connectivity index (χ3n) is 6.60. The van der Waals surface area contributed by atoms with Gasteiger partial charge in [0.25, 0.3) is 11.5 Å². The number of piperazine rings is 1. The van der Waals surface area contributed by atoms with E-state index in [1.165, 1.54) is 9.13 Å². The van der Waals surface area contributed by atoms with Crippen LogP contribution in [0.25, 0.3) is 23.3 Å². The van der Waals surface area contributed by atoms with Gasteiger partial charge in [-0.25, -0.2) is 9.78 Å². The topological polar surface area (TPSA) is 85.4 Å². The molecule has 1 aromatic carbocycles. The quantitative estimate of drug-likeness (QED) is 0.556. The van der Waals surface area contributed by atoms with E-state index in [-0.39, 0.29) is 17.2 Å². The summed E-state index contributed by atoms with van der Waals surface area (Å²) in [6.07, 6.45) is 3.71. The fraction of sp³-hybridized carbons (Fsp3) is 0.440. The monoisotopic (exact) mass is 464 g/mol. The second-order valence-electron chi connectivity index (χ2n) is 8.46. The Morgan fingerprint density at radius 3 is 2.15 bits per heavy atom. The summed E-state index contributed by atoms with van der Waals surface area (Å²) in [5.41, 5.74) is 1.73. The molecule has 3 heterocycles. The molecule has 9 nitrogen and oxygen atoms in total. The van der Waals surface area contributed by atoms with E-state index < -0.39 is 0 Å². The first kappa shape index (κ1) is 23.7. The molecule has 1 aliphatic heterocycles. The van der Waals surface area contributed by atoms with Crippen molar-refractivity contribution in [3.05, 3.63) is 62.1 Å². The summed E-state index contributed by atoms with van der Waals surface area (Å²) in [6, 6.07) is 7.50. The van der Waals surface area contributed by atoms with Crippen LogP contribution in [0.1, 0.15) is 42.5 Å². The number of aromatic nitrogens is 4. The van der Waals surface area contributed by atoms with Gasteiger partial charge < -0.3 is 14.4 Å². The van der Waals surface area contributed by atoms with Crippen molar-refractivity contribution in [3.8, 4) is 0 Å². The molecule has 1 aliphatic rings. The number of amides is 1. The summed E-state index contributed by atoms with van der Waals surface area (Å²) in [7, 11) is 1.78. The molecule has 0 spiro atoms. The summed E-state index contributed by atoms with van der Waals surface area (Å²) in [5, 5.41) is 0. The highest BCUT2D eigenvalue weighted by atomic mass is 16.2. The van der Waals surface area contributed by atoms with E-state index in [9.17, 15) is 14.4 Å². The Morgan fingerprint density at radius 2 is 1.56 bits per heavy atom. The molecular formula is C25H32N6O3. The zero-order valence-electron chi connectivity index (χ0n) is 20.3. The minimum Gasteiger partial charge on any atom is -0.336 e. The zero-order valence-corrected chi connectivity index (χ0v) is 20.3. The lowest BCUT2D eigenvalue weighted by molar-refractivity contribution is 0.0643. The van der Waals surface area contributed by atoms with Gasteiger partial charge in [0.15, 0.2) is 11.2 Å². The second kappa shape index (κ2) is 9.80. The van der Waals surface area contributed by atoms with Gasteiger partial charge in [-0.15, -0.1) is 0 Å². The fourth-order valence-corrected chi connectivity index (χ4v) is 4.45. The molecule has 3 aromatic rings. The van der Waals surface area contributed by atoms with Crippen LogP contribution in [0.2, 0.25) is 0 Å². The normalized spacial score (nSPS) is 15.0. The lowest BCUT2D eigenvalue weighted by atomic mass is 10.1. The van der Waals surface area contributed by atoms with Crippen LogP contribution in [-0.2, 0) is 20.1 Å². The molecule has 180 valence electrons. The Hall–Kier alpha value is -3.46. The Labute approximate surface area is 198 Å². The average Bonchev–Trinajstić information content (AvgIpc) is 3.19. The van der Waals surface area contributed by atoms with E-state index in [4.69, 9.17) is 0 Å². The molecule has 2 aromatic heterocycles. The Balaban J connectivity index is 1.57. The predicted molar refractivity (Wildman–Crippen MR) is 134 cm³/mol. The number of nitrogens with zero attached hydrogens (tertiary/aromatic N) is 6. The van der Waals surface area contributed by atoms with Crippen LogP contribution in [-0.4, -0.2) is 67.1 Å². The van der Waals surface area contributed by atoms with Gasteiger partial charge in [-0.3, -0.25) is 18.7 Å². The summed E-state index contributed by atoms with van der Waals surface area (Å²) in [6.45, 7) is 10.9. The van der Waals surface area contributed by atoms with E-state index in [0.717, 1.165) is 38.3 Å². The fourth-order valence-electron chi connectivity index (χ4n) is 4.45. The molecule has 0 N–H and O–H groups in total. The number of hydrogen-bond donors (Lipinski definition) is 0. The summed E-state index contributed by atoms with van der Waals surface area (Å²) >= 11 is 0. The van der Waals surface area contributed by atoms with Crippen molar-refractivity contribution in [2.75, 3.05) is 32.7 Å². The predicted octanol–water partition coefficient (Wildman–Crippen LogP) is 1.88. The van der Waals surface area contributed by atoms with Crippen molar-refractivity contribution in [1.29, 1.82) is 0 Å². The molecular weight excluding hydrogens is 432 g/mol. The Kier molecular flexibility index (Phi) is 6.83. The molecule has 0 atom stereocenters. The number of rotatable bonds is 6. The molecule has 1 saturated heterocycles. The number of likely N-dealkylation sites (N-methyl/N-ethyl adjacent to an activating group) is 1. The van der Waals surface area contributed by atoms with E-state index >= 15 is 0 Å². The Bertz CT molecular complexity index is 1340. The van der Waals surface area contributed by atoms with Gasteiger partial charge in [-0.2, -0.15) is 0 Å². The van der Waals surface area contributed by atoms with Crippen LogP contribution >= 0.6 is 0 Å². The lowest BCUT2D eigenvalue weighted by Gasteiger charge is -2.34. The van der Waals surface area contributed by atoms with Crippen LogP contribution < -0.4 is 11.2 Å². The maximum absolute atomic E-state index is 12.8. The minimum absolute atomic E-state index is 0.0615. The van der Waals surface area contributed by atoms with Crippen molar-refractivity contribution >= 4 is 29.2 Å². The van der Waals surface area contributed by atoms with Crippen LogP contribution in [0.5, 0.6) is 0 Å². The van der Waals surface area contributed by atoms with Crippen LogP contribution in [0, 0.1) is 0 Å². The van der Waals surface area contributed by atoms with Crippen molar-refractivity contribution in [3.63, 3.8) is 0 Å². The van der Waals surface area contributed by atoms with Gasteiger partial charge in [-0.05, 0) is 44.2 Å². The van der Waals surface area contributed by atoms with E-state index in [0.29, 0.717) is 35.6 Å². The van der Waals surface area contributed by atoms with Gasteiger partial charge in [0.05, 0.1) is 0 Å². The van der Waals surface area contributed by atoms with Crippen molar-refractivity contribution in [2.45, 2.75) is 33.9 Å². The highest BCUT2D eigenvalue weighted by Gasteiger charge is 2.21. The highest BCUT2D eigenvalue weighted by molar-refractivity contribution is 5.94. The smallest absolute Gasteiger partial charge is 0.332 e. The molecule has 0 bridgehead atoms. The first-order valence-corrected chi connectivity index (χ1v) is 11.9. The third-order valence-corrected chi connectivity index (χ3v) is 6.60. The summed E-state index contributed by atoms with van der Waals surface area (Å²) < 4.78 is 4.48. The average molecular weight is 465 g/mol. The second-order valence-corrected chi connectivity index (χ2v) is 8.46. The minimum atomic E-state index is -0.340. The van der Waals surface area contributed by atoms with E-state index in [2.05, 4.69) is 16.8 Å². The molecule has 0 saturated carbocycles. The van der Waals surface area contributed by atoms with Gasteiger partial charge in [0, 0.05) is 51.9 Å². The van der Waals surface area contributed by atoms with Crippen LogP contribution in [0.4, 0.5) is 0 Å². The van der Waals surface area contributed by atoms with E-state index in [1.807, 2.05) is 48.2 Å². The third kappa shape index (κ3) is 4.23. The standard InChI is InChI=1S/C25H32N6O3/c1-5-28-14-16-29(17-15-28)23(32)19-11-8-18(9-12-19)10-13-20-26-22-21(27(20)4)24(33)31(7-3)25(34)30(22)6-2/h8-13H,5-7,14-17H2,1-4H3. The number of fused-ring (bicyclic) bond motifs is 1. The molecule has 1 amide bonds. The van der Waals surface area contributed by atoms with Crippen molar-refractivity contribution in [1.82, 2.24) is 28.5 Å². The molecule has 1 fully saturated rings. The largest absolute Gasteiger partial charge is 0.336 e. The number of carbonyl (C=O) groups excluding carboxylic acids is 1. The van der Waals surface area contributed by atoms with Gasteiger partial charge in [-0.1, -0.05) is 25.1 Å². The summed E-state index contributed by atoms with van der Waals surface area (Å²) in [4.78, 5) is 47.1. The number of imidazole rings is 1. The Morgan fingerprint density at radius 1 is 0.912 bits per heavy atom. The lowest BCUT2D eigenvalue weighted by Crippen LogP contribution is -2.48. The van der Waals surface area contributed by atoms with Crippen molar-refractivity contribution < 1.29 is 4.79 Å². The number of carbonyl (C=O) groups is 1. The molecule has 0 aliphatic carbocycles.